The van der Waals surface area contributed by atoms with Gasteiger partial charge >= 0.3 is 0 Å². The number of aromatic nitrogens is 1. The molecule has 1 aromatic rings. The van der Waals surface area contributed by atoms with Crippen molar-refractivity contribution >= 4 is 34.0 Å². The van der Waals surface area contributed by atoms with E-state index in [-0.39, 0.29) is 28.4 Å². The van der Waals surface area contributed by atoms with Crippen molar-refractivity contribution in [3.8, 4) is 0 Å². The molecule has 0 spiro atoms. The first-order valence-corrected chi connectivity index (χ1v) is 23.5. The van der Waals surface area contributed by atoms with Gasteiger partial charge in [0.1, 0.15) is 24.6 Å². The van der Waals surface area contributed by atoms with Crippen molar-refractivity contribution in [1.82, 2.24) is 4.98 Å². The summed E-state index contributed by atoms with van der Waals surface area (Å²) in [5, 5.41) is 23.4. The third-order valence-corrected chi connectivity index (χ3v) is 12.4. The van der Waals surface area contributed by atoms with E-state index < -0.39 is 0 Å². The molecule has 6 nitrogen and oxygen atoms in total. The van der Waals surface area contributed by atoms with Crippen LogP contribution in [0, 0.1) is 6.92 Å². The zero-order chi connectivity index (χ0) is 39.7. The van der Waals surface area contributed by atoms with Gasteiger partial charge < -0.3 is 15.1 Å². The van der Waals surface area contributed by atoms with Gasteiger partial charge in [-0.1, -0.05) is 155 Å². The number of ketones is 1. The van der Waals surface area contributed by atoms with Crippen molar-refractivity contribution in [2.24, 2.45) is 0 Å². The number of aliphatic hydroxyl groups excluding tert-OH is 2. The molecular weight excluding hydrogens is 699 g/mol. The van der Waals surface area contributed by atoms with Crippen LogP contribution in [0.1, 0.15) is 192 Å². The van der Waals surface area contributed by atoms with E-state index in [1.807, 2.05) is 25.2 Å². The number of carbonyl (C=O) groups excluding carboxylic acids is 1. The Kier molecular flexibility index (Phi) is 23.3. The van der Waals surface area contributed by atoms with Crippen molar-refractivity contribution in [2.75, 3.05) is 31.1 Å². The van der Waals surface area contributed by atoms with Gasteiger partial charge in [-0.2, -0.15) is 0 Å². The van der Waals surface area contributed by atoms with Crippen LogP contribution < -0.4 is 4.90 Å². The molecule has 0 atom stereocenters. The predicted molar refractivity (Wildman–Crippen MR) is 238 cm³/mol. The predicted octanol–water partition coefficient (Wildman–Crippen LogP) is 13.9. The first-order chi connectivity index (χ1) is 26.9. The van der Waals surface area contributed by atoms with Crippen molar-refractivity contribution < 1.29 is 19.6 Å². The number of rotatable bonds is 31. The van der Waals surface area contributed by atoms with Gasteiger partial charge in [-0.3, -0.25) is 4.79 Å². The van der Waals surface area contributed by atoms with Crippen molar-refractivity contribution in [3.05, 3.63) is 63.1 Å². The number of nitrogens with zero attached hydrogens (tertiary/aromatic N) is 3. The molecule has 0 saturated carbocycles. The highest BCUT2D eigenvalue weighted by atomic mass is 32.1. The smallest absolute Gasteiger partial charge is 0.203 e. The molecule has 2 aliphatic carbocycles. The number of carbonyl (C=O) groups is 1. The maximum absolute atomic E-state index is 13.4. The Balaban J connectivity index is 1.71. The molecule has 0 aliphatic heterocycles. The average molecular weight is 777 g/mol. The second-order valence-corrected chi connectivity index (χ2v) is 17.0. The van der Waals surface area contributed by atoms with Crippen molar-refractivity contribution in [3.63, 3.8) is 0 Å². The second kappa shape index (κ2) is 27.6. The van der Waals surface area contributed by atoms with Crippen LogP contribution in [0.15, 0.2) is 52.5 Å². The van der Waals surface area contributed by atoms with Gasteiger partial charge in [0.15, 0.2) is 5.13 Å². The summed E-state index contributed by atoms with van der Waals surface area (Å²) in [5.74, 6) is -0.233. The third kappa shape index (κ3) is 16.2. The largest absolute Gasteiger partial charge is 0.507 e. The second-order valence-electron chi connectivity index (χ2n) is 16.0. The fraction of sp³-hybridized carbons (Fsp3) is 0.688. The average Bonchev–Trinajstić information content (AvgIpc) is 3.55. The molecule has 7 heteroatoms. The Morgan fingerprint density at radius 3 is 1.60 bits per heavy atom. The molecule has 2 N–H and O–H groups in total. The molecule has 308 valence electrons. The highest BCUT2D eigenvalue weighted by Crippen LogP contribution is 2.37. The highest BCUT2D eigenvalue weighted by Gasteiger charge is 2.36. The summed E-state index contributed by atoms with van der Waals surface area (Å²) < 4.78 is 2.40. The van der Waals surface area contributed by atoms with Gasteiger partial charge in [0.25, 0.3) is 0 Å². The summed E-state index contributed by atoms with van der Waals surface area (Å²) in [7, 11) is 0. The summed E-state index contributed by atoms with van der Waals surface area (Å²) in [4.78, 5) is 21.9. The minimum Gasteiger partial charge on any atom is -0.507 e. The van der Waals surface area contributed by atoms with E-state index in [4.69, 9.17) is 4.98 Å². The summed E-state index contributed by atoms with van der Waals surface area (Å²) in [6.07, 6.45) is 39.5. The topological polar surface area (TPSA) is 76.7 Å². The lowest BCUT2D eigenvalue weighted by Crippen LogP contribution is -2.26. The van der Waals surface area contributed by atoms with Crippen molar-refractivity contribution in [2.45, 2.75) is 189 Å². The van der Waals surface area contributed by atoms with Crippen molar-refractivity contribution in [1.29, 1.82) is 0 Å². The molecule has 0 bridgehead atoms. The van der Waals surface area contributed by atoms with Crippen LogP contribution in [-0.2, 0) is 4.79 Å². The molecule has 0 saturated heterocycles. The number of thiazole rings is 1. The molecular formula is C48H78N3O3S+. The standard InChI is InChI=1S/C48H77N3O3S/c1-6-10-14-18-22-26-34-50(35-27-23-19-15-11-7-2)40-30-31-41(43(52)38-40)45-46(53)42(47(45)54)32-33-44-39(5)49-48(55-44)51(36-28-24-20-16-12-8-3)37-29-25-21-17-13-9-4/h30-33,38H,6-29,34-37H2,1-5H3,(H,53,54)/p+1/b33-32+. The van der Waals surface area contributed by atoms with Gasteiger partial charge in [-0.25, -0.2) is 9.56 Å². The van der Waals surface area contributed by atoms with Crippen LogP contribution in [0.3, 0.4) is 0 Å². The molecule has 0 fully saturated rings. The lowest BCUT2D eigenvalue weighted by atomic mass is 9.82. The molecule has 1 heterocycles. The molecule has 0 amide bonds. The zero-order valence-corrected chi connectivity index (χ0v) is 36.6. The molecule has 55 heavy (non-hydrogen) atoms. The van der Waals surface area contributed by atoms with Gasteiger partial charge in [0.2, 0.25) is 11.5 Å². The number of hydrogen-bond donors (Lipinski definition) is 2. The van der Waals surface area contributed by atoms with E-state index >= 15 is 0 Å². The van der Waals surface area contributed by atoms with Crippen LogP contribution >= 0.6 is 11.3 Å². The summed E-state index contributed by atoms with van der Waals surface area (Å²) in [6, 6.07) is 0. The number of aliphatic hydroxyl groups is 2. The van der Waals surface area contributed by atoms with E-state index in [9.17, 15) is 15.0 Å². The highest BCUT2D eigenvalue weighted by molar-refractivity contribution is 7.16. The maximum Gasteiger partial charge on any atom is 0.203 e. The molecule has 0 unspecified atom stereocenters. The summed E-state index contributed by atoms with van der Waals surface area (Å²) >= 11 is 1.68. The molecule has 0 radical (unpaired) electrons. The Bertz CT molecular complexity index is 1440. The van der Waals surface area contributed by atoms with Gasteiger partial charge in [-0.15, -0.1) is 0 Å². The zero-order valence-electron chi connectivity index (χ0n) is 35.7. The van der Waals surface area contributed by atoms with Gasteiger partial charge in [-0.05, 0) is 50.8 Å². The van der Waals surface area contributed by atoms with Crippen LogP contribution in [0.5, 0.6) is 0 Å². The van der Waals surface area contributed by atoms with E-state index in [2.05, 4.69) is 37.2 Å². The lowest BCUT2D eigenvalue weighted by Gasteiger charge is -2.22. The van der Waals surface area contributed by atoms with E-state index in [1.165, 1.54) is 141 Å². The molecule has 1 aromatic heterocycles. The number of allylic oxidation sites excluding steroid dienone is 6. The third-order valence-electron chi connectivity index (χ3n) is 11.2. The number of aryl methyl sites for hydroxylation is 1. The summed E-state index contributed by atoms with van der Waals surface area (Å²) in [6.45, 7) is 15.0. The molecule has 3 rings (SSSR count). The van der Waals surface area contributed by atoms with Gasteiger partial charge in [0.05, 0.1) is 27.8 Å². The maximum atomic E-state index is 13.4. The Morgan fingerprint density at radius 1 is 0.655 bits per heavy atom. The fourth-order valence-electron chi connectivity index (χ4n) is 7.60. The fourth-order valence-corrected chi connectivity index (χ4v) is 8.62. The molecule has 0 aromatic carbocycles. The van der Waals surface area contributed by atoms with E-state index in [0.29, 0.717) is 5.57 Å². The van der Waals surface area contributed by atoms with Crippen LogP contribution in [0.4, 0.5) is 5.13 Å². The van der Waals surface area contributed by atoms with Crippen LogP contribution in [-0.4, -0.2) is 57.4 Å². The van der Waals surface area contributed by atoms with Crippen LogP contribution in [0.25, 0.3) is 6.08 Å². The number of Topliss-reactive ketones (excluding diaryl/α,β-unsaturated/α-hetero) is 1. The Labute approximate surface area is 340 Å². The van der Waals surface area contributed by atoms with Crippen LogP contribution in [0.2, 0.25) is 0 Å². The SMILES string of the molecule is CCCCCCCCN(CCCCCCCC)c1nc(C)c(/C=C/C2=C(O)C(=C3\C=CC(=[N+](CCCCCCCC)CCCCCCCC)C=C3O)/C2=O)s1. The van der Waals surface area contributed by atoms with Gasteiger partial charge in [0, 0.05) is 37.6 Å². The normalized spacial score (nSPS) is 15.8. The minimum atomic E-state index is -0.233. The Morgan fingerprint density at radius 2 is 1.13 bits per heavy atom. The monoisotopic (exact) mass is 777 g/mol. The van der Waals surface area contributed by atoms with E-state index in [0.717, 1.165) is 60.4 Å². The minimum absolute atomic E-state index is 0.0459. The summed E-state index contributed by atoms with van der Waals surface area (Å²) in [5.41, 5.74) is 2.82. The first-order valence-electron chi connectivity index (χ1n) is 22.7. The molecule has 2 aliphatic rings. The number of anilines is 1. The Hall–Kier alpha value is -2.93. The lowest BCUT2D eigenvalue weighted by molar-refractivity contribution is -0.527. The first kappa shape index (κ1) is 46.5. The van der Waals surface area contributed by atoms with E-state index in [1.54, 1.807) is 23.5 Å². The number of unbranched alkanes of at least 4 members (excludes halogenated alkanes) is 20. The number of hydrogen-bond acceptors (Lipinski definition) is 6. The quantitative estimate of drug-likeness (QED) is 0.0446.